The average Bonchev–Trinajstić information content (AvgIpc) is 3.16. The van der Waals surface area contributed by atoms with E-state index < -0.39 is 0 Å². The quantitative estimate of drug-likeness (QED) is 0.615. The fraction of sp³-hybridized carbons (Fsp3) is 0. The van der Waals surface area contributed by atoms with Gasteiger partial charge in [0.1, 0.15) is 10.7 Å². The summed E-state index contributed by atoms with van der Waals surface area (Å²) < 4.78 is 0. The van der Waals surface area contributed by atoms with E-state index in [1.54, 1.807) is 17.5 Å². The molecule has 2 aromatic heterocycles. The summed E-state index contributed by atoms with van der Waals surface area (Å²) in [7, 11) is 0. The third kappa shape index (κ3) is 2.87. The second-order valence-corrected chi connectivity index (χ2v) is 6.01. The van der Waals surface area contributed by atoms with Crippen LogP contribution in [0.1, 0.15) is 10.5 Å². The SMILES string of the molecule is O=C(Nc1ccc(-c2nccs2)cc1)c1cnc2ccccc2n1. The van der Waals surface area contributed by atoms with Gasteiger partial charge in [0.15, 0.2) is 0 Å². The summed E-state index contributed by atoms with van der Waals surface area (Å²) in [6.45, 7) is 0. The van der Waals surface area contributed by atoms with E-state index in [0.29, 0.717) is 11.2 Å². The van der Waals surface area contributed by atoms with E-state index in [9.17, 15) is 4.79 Å². The van der Waals surface area contributed by atoms with E-state index in [2.05, 4.69) is 20.3 Å². The Morgan fingerprint density at radius 1 is 0.958 bits per heavy atom. The molecule has 1 amide bonds. The lowest BCUT2D eigenvalue weighted by atomic mass is 10.2. The lowest BCUT2D eigenvalue weighted by Gasteiger charge is -2.06. The van der Waals surface area contributed by atoms with Crippen LogP contribution in [0, 0.1) is 0 Å². The van der Waals surface area contributed by atoms with Crippen molar-refractivity contribution in [3.8, 4) is 10.6 Å². The summed E-state index contributed by atoms with van der Waals surface area (Å²) >= 11 is 1.58. The summed E-state index contributed by atoms with van der Waals surface area (Å²) in [5.74, 6) is -0.282. The fourth-order valence-electron chi connectivity index (χ4n) is 2.32. The molecular formula is C18H12N4OS. The molecule has 2 aromatic carbocycles. The van der Waals surface area contributed by atoms with Gasteiger partial charge in [-0.05, 0) is 36.4 Å². The topological polar surface area (TPSA) is 67.8 Å². The highest BCUT2D eigenvalue weighted by atomic mass is 32.1. The van der Waals surface area contributed by atoms with E-state index in [0.717, 1.165) is 16.1 Å². The number of thiazole rings is 1. The Balaban J connectivity index is 1.54. The lowest BCUT2D eigenvalue weighted by molar-refractivity contribution is 0.102. The highest BCUT2D eigenvalue weighted by Gasteiger charge is 2.10. The van der Waals surface area contributed by atoms with Gasteiger partial charge in [-0.1, -0.05) is 12.1 Å². The number of carbonyl (C=O) groups excluding carboxylic acids is 1. The normalized spacial score (nSPS) is 10.7. The van der Waals surface area contributed by atoms with Crippen LogP contribution in [0.25, 0.3) is 21.6 Å². The standard InChI is InChI=1S/C18H12N4OS/c23-17(16-11-20-14-3-1-2-4-15(14)22-16)21-13-7-5-12(6-8-13)18-19-9-10-24-18/h1-11H,(H,21,23). The summed E-state index contributed by atoms with van der Waals surface area (Å²) in [6, 6.07) is 15.0. The molecule has 0 fully saturated rings. The Labute approximate surface area is 142 Å². The molecule has 0 aliphatic carbocycles. The van der Waals surface area contributed by atoms with Crippen LogP contribution >= 0.6 is 11.3 Å². The second kappa shape index (κ2) is 6.17. The predicted molar refractivity (Wildman–Crippen MR) is 95.0 cm³/mol. The number of nitrogens with zero attached hydrogens (tertiary/aromatic N) is 3. The largest absolute Gasteiger partial charge is 0.321 e. The predicted octanol–water partition coefficient (Wildman–Crippen LogP) is 4.01. The van der Waals surface area contributed by atoms with Crippen LogP contribution in [0.15, 0.2) is 66.3 Å². The minimum atomic E-state index is -0.282. The number of hydrogen-bond acceptors (Lipinski definition) is 5. The van der Waals surface area contributed by atoms with Crippen LogP contribution in [0.5, 0.6) is 0 Å². The molecule has 4 aromatic rings. The molecule has 116 valence electrons. The molecule has 0 bridgehead atoms. The van der Waals surface area contributed by atoms with Crippen LogP contribution in [0.3, 0.4) is 0 Å². The zero-order valence-corrected chi connectivity index (χ0v) is 13.3. The van der Waals surface area contributed by atoms with Gasteiger partial charge < -0.3 is 5.32 Å². The number of carbonyl (C=O) groups is 1. The molecule has 0 saturated heterocycles. The molecule has 24 heavy (non-hydrogen) atoms. The van der Waals surface area contributed by atoms with Crippen molar-refractivity contribution in [2.75, 3.05) is 5.32 Å². The number of amides is 1. The summed E-state index contributed by atoms with van der Waals surface area (Å²) in [6.07, 6.45) is 3.26. The summed E-state index contributed by atoms with van der Waals surface area (Å²) in [5.41, 5.74) is 3.48. The molecule has 0 unspecified atom stereocenters. The number of aromatic nitrogens is 3. The first-order valence-electron chi connectivity index (χ1n) is 7.33. The van der Waals surface area contributed by atoms with Crippen molar-refractivity contribution in [1.82, 2.24) is 15.0 Å². The van der Waals surface area contributed by atoms with Gasteiger partial charge in [0.25, 0.3) is 5.91 Å². The second-order valence-electron chi connectivity index (χ2n) is 5.11. The number of hydrogen-bond donors (Lipinski definition) is 1. The van der Waals surface area contributed by atoms with Crippen molar-refractivity contribution in [1.29, 1.82) is 0 Å². The maximum Gasteiger partial charge on any atom is 0.275 e. The Hall–Kier alpha value is -3.12. The van der Waals surface area contributed by atoms with E-state index >= 15 is 0 Å². The van der Waals surface area contributed by atoms with Gasteiger partial charge in [-0.3, -0.25) is 9.78 Å². The van der Waals surface area contributed by atoms with E-state index in [-0.39, 0.29) is 11.6 Å². The molecule has 0 saturated carbocycles. The van der Waals surface area contributed by atoms with Crippen molar-refractivity contribution in [3.63, 3.8) is 0 Å². The van der Waals surface area contributed by atoms with Crippen molar-refractivity contribution in [3.05, 3.63) is 72.0 Å². The zero-order valence-electron chi connectivity index (χ0n) is 12.5. The number of benzene rings is 2. The number of nitrogens with one attached hydrogen (secondary N) is 1. The van der Waals surface area contributed by atoms with Crippen LogP contribution in [-0.2, 0) is 0 Å². The Morgan fingerprint density at radius 3 is 2.50 bits per heavy atom. The third-order valence-corrected chi connectivity index (χ3v) is 4.33. The molecule has 0 radical (unpaired) electrons. The van der Waals surface area contributed by atoms with Gasteiger partial charge in [0, 0.05) is 22.8 Å². The first-order valence-corrected chi connectivity index (χ1v) is 8.21. The number of para-hydroxylation sites is 2. The third-order valence-electron chi connectivity index (χ3n) is 3.50. The minimum Gasteiger partial charge on any atom is -0.321 e. The number of rotatable bonds is 3. The average molecular weight is 332 g/mol. The van der Waals surface area contributed by atoms with E-state index in [1.165, 1.54) is 6.20 Å². The number of anilines is 1. The molecule has 6 heteroatoms. The van der Waals surface area contributed by atoms with Crippen LogP contribution in [0.4, 0.5) is 5.69 Å². The van der Waals surface area contributed by atoms with Crippen molar-refractivity contribution >= 4 is 34.0 Å². The van der Waals surface area contributed by atoms with Gasteiger partial charge in [-0.15, -0.1) is 11.3 Å². The van der Waals surface area contributed by atoms with Crippen LogP contribution in [0.2, 0.25) is 0 Å². The van der Waals surface area contributed by atoms with Gasteiger partial charge in [-0.25, -0.2) is 9.97 Å². The molecule has 4 rings (SSSR count). The highest BCUT2D eigenvalue weighted by Crippen LogP contribution is 2.23. The van der Waals surface area contributed by atoms with Gasteiger partial charge in [0.2, 0.25) is 0 Å². The fourth-order valence-corrected chi connectivity index (χ4v) is 2.97. The maximum absolute atomic E-state index is 12.3. The first-order chi connectivity index (χ1) is 11.8. The van der Waals surface area contributed by atoms with Crippen molar-refractivity contribution < 1.29 is 4.79 Å². The molecule has 2 heterocycles. The minimum absolute atomic E-state index is 0.282. The molecular weight excluding hydrogens is 320 g/mol. The molecule has 1 N–H and O–H groups in total. The van der Waals surface area contributed by atoms with Gasteiger partial charge in [0.05, 0.1) is 17.2 Å². The monoisotopic (exact) mass is 332 g/mol. The summed E-state index contributed by atoms with van der Waals surface area (Å²) in [4.78, 5) is 25.2. The molecule has 0 atom stereocenters. The smallest absolute Gasteiger partial charge is 0.275 e. The molecule has 0 spiro atoms. The highest BCUT2D eigenvalue weighted by molar-refractivity contribution is 7.13. The Kier molecular flexibility index (Phi) is 3.72. The maximum atomic E-state index is 12.3. The van der Waals surface area contributed by atoms with E-state index in [1.807, 2.05) is 53.9 Å². The van der Waals surface area contributed by atoms with Gasteiger partial charge in [-0.2, -0.15) is 0 Å². The van der Waals surface area contributed by atoms with Crippen LogP contribution in [-0.4, -0.2) is 20.9 Å². The first kappa shape index (κ1) is 14.5. The Bertz CT molecular complexity index is 997. The lowest BCUT2D eigenvalue weighted by Crippen LogP contribution is -2.14. The van der Waals surface area contributed by atoms with Crippen molar-refractivity contribution in [2.45, 2.75) is 0 Å². The molecule has 0 aliphatic rings. The van der Waals surface area contributed by atoms with Gasteiger partial charge >= 0.3 is 0 Å². The van der Waals surface area contributed by atoms with E-state index in [4.69, 9.17) is 0 Å². The summed E-state index contributed by atoms with van der Waals surface area (Å²) in [5, 5.41) is 5.72. The number of fused-ring (bicyclic) bond motifs is 1. The van der Waals surface area contributed by atoms with Crippen molar-refractivity contribution in [2.24, 2.45) is 0 Å². The van der Waals surface area contributed by atoms with Crippen LogP contribution < -0.4 is 5.32 Å². The Morgan fingerprint density at radius 2 is 1.75 bits per heavy atom. The molecule has 5 nitrogen and oxygen atoms in total. The molecule has 0 aliphatic heterocycles. The zero-order chi connectivity index (χ0) is 16.4.